The van der Waals surface area contributed by atoms with E-state index in [1.54, 1.807) is 0 Å². The summed E-state index contributed by atoms with van der Waals surface area (Å²) in [6.45, 7) is -0.142. The van der Waals surface area contributed by atoms with Crippen molar-refractivity contribution in [3.63, 3.8) is 0 Å². The molecule has 0 aliphatic carbocycles. The maximum absolute atomic E-state index is 13.4. The van der Waals surface area contributed by atoms with Crippen LogP contribution >= 0.6 is 23.2 Å². The number of amides is 1. The summed E-state index contributed by atoms with van der Waals surface area (Å²) in [5, 5.41) is 18.2. The van der Waals surface area contributed by atoms with E-state index < -0.39 is 29.8 Å². The number of halogens is 3. The fourth-order valence-electron chi connectivity index (χ4n) is 2.11. The van der Waals surface area contributed by atoms with Gasteiger partial charge in [0.1, 0.15) is 11.9 Å². The predicted molar refractivity (Wildman–Crippen MR) is 69.5 cm³/mol. The van der Waals surface area contributed by atoms with E-state index in [9.17, 15) is 19.1 Å². The van der Waals surface area contributed by atoms with Crippen molar-refractivity contribution in [1.29, 1.82) is 0 Å². The third-order valence-corrected chi connectivity index (χ3v) is 3.67. The molecule has 1 aliphatic heterocycles. The van der Waals surface area contributed by atoms with Crippen LogP contribution in [-0.4, -0.2) is 45.7 Å². The average molecular weight is 322 g/mol. The zero-order valence-corrected chi connectivity index (χ0v) is 11.5. The molecule has 2 atom stereocenters. The number of carbonyl (C=O) groups excluding carboxylic acids is 1. The largest absolute Gasteiger partial charge is 0.480 e. The zero-order valence-electron chi connectivity index (χ0n) is 10.0. The maximum atomic E-state index is 13.4. The van der Waals surface area contributed by atoms with Crippen molar-refractivity contribution >= 4 is 35.1 Å². The Labute approximate surface area is 123 Å². The average Bonchev–Trinajstić information content (AvgIpc) is 2.75. The number of aliphatic hydroxyl groups is 1. The molecule has 1 aromatic rings. The van der Waals surface area contributed by atoms with Gasteiger partial charge in [0, 0.05) is 13.0 Å². The molecular weight excluding hydrogens is 312 g/mol. The number of β-amino-alcohol motifs (C(OH)–C–C–N with tert-alkyl or cyclic N) is 1. The number of carbonyl (C=O) groups is 2. The summed E-state index contributed by atoms with van der Waals surface area (Å²) < 4.78 is 13.4. The molecule has 1 amide bonds. The first-order valence-corrected chi connectivity index (χ1v) is 6.43. The summed E-state index contributed by atoms with van der Waals surface area (Å²) in [4.78, 5) is 24.3. The van der Waals surface area contributed by atoms with Gasteiger partial charge in [-0.1, -0.05) is 23.2 Å². The summed E-state index contributed by atoms with van der Waals surface area (Å²) in [5.74, 6) is -2.82. The van der Waals surface area contributed by atoms with E-state index in [0.29, 0.717) is 0 Å². The topological polar surface area (TPSA) is 77.8 Å². The minimum absolute atomic E-state index is 0.0746. The van der Waals surface area contributed by atoms with Gasteiger partial charge in [0.15, 0.2) is 0 Å². The van der Waals surface area contributed by atoms with Gasteiger partial charge in [-0.15, -0.1) is 0 Å². The highest BCUT2D eigenvalue weighted by Gasteiger charge is 2.39. The van der Waals surface area contributed by atoms with Crippen LogP contribution in [0.2, 0.25) is 10.0 Å². The fourth-order valence-corrected chi connectivity index (χ4v) is 2.58. The molecule has 0 spiro atoms. The van der Waals surface area contributed by atoms with Gasteiger partial charge < -0.3 is 15.1 Å². The van der Waals surface area contributed by atoms with Crippen molar-refractivity contribution in [3.05, 3.63) is 33.6 Å². The Kier molecular flexibility index (Phi) is 4.17. The Morgan fingerprint density at radius 2 is 1.95 bits per heavy atom. The molecule has 0 unspecified atom stereocenters. The Morgan fingerprint density at radius 3 is 2.55 bits per heavy atom. The van der Waals surface area contributed by atoms with E-state index in [1.165, 1.54) is 0 Å². The molecule has 1 heterocycles. The molecule has 1 saturated heterocycles. The number of aliphatic carboxylic acids is 1. The fraction of sp³-hybridized carbons (Fsp3) is 0.333. The predicted octanol–water partition coefficient (Wildman–Crippen LogP) is 1.79. The van der Waals surface area contributed by atoms with Crippen molar-refractivity contribution in [2.75, 3.05) is 6.54 Å². The highest BCUT2D eigenvalue weighted by atomic mass is 35.5. The number of nitrogens with zero attached hydrogens (tertiary/aromatic N) is 1. The van der Waals surface area contributed by atoms with Crippen molar-refractivity contribution in [2.24, 2.45) is 0 Å². The van der Waals surface area contributed by atoms with Gasteiger partial charge in [-0.25, -0.2) is 9.18 Å². The molecule has 0 saturated carbocycles. The standard InChI is InChI=1S/C12H10Cl2FNO4/c13-7-3-8(14)9(15)2-6(7)11(18)16-4-5(17)1-10(16)12(19)20/h2-3,5,10,17H,1,4H2,(H,19,20)/t5-,10-/m1/s1. The summed E-state index contributed by atoms with van der Waals surface area (Å²) in [6, 6.07) is 0.775. The van der Waals surface area contributed by atoms with Gasteiger partial charge in [-0.05, 0) is 12.1 Å². The van der Waals surface area contributed by atoms with Gasteiger partial charge in [-0.3, -0.25) is 4.79 Å². The minimum Gasteiger partial charge on any atom is -0.480 e. The molecule has 0 radical (unpaired) electrons. The number of hydrogen-bond donors (Lipinski definition) is 2. The normalized spacial score (nSPS) is 22.1. The Balaban J connectivity index is 2.36. The molecule has 2 rings (SSSR count). The quantitative estimate of drug-likeness (QED) is 0.814. The SMILES string of the molecule is O=C(O)[C@H]1C[C@@H](O)CN1C(=O)c1cc(F)c(Cl)cc1Cl. The van der Waals surface area contributed by atoms with E-state index in [1.807, 2.05) is 0 Å². The van der Waals surface area contributed by atoms with E-state index in [-0.39, 0.29) is 28.6 Å². The number of aliphatic hydroxyl groups excluding tert-OH is 1. The second-order valence-corrected chi connectivity index (χ2v) is 5.26. The van der Waals surface area contributed by atoms with Crippen LogP contribution in [0, 0.1) is 5.82 Å². The molecule has 1 fully saturated rings. The second-order valence-electron chi connectivity index (χ2n) is 4.45. The van der Waals surface area contributed by atoms with Crippen LogP contribution in [0.3, 0.4) is 0 Å². The van der Waals surface area contributed by atoms with Crippen molar-refractivity contribution in [3.8, 4) is 0 Å². The lowest BCUT2D eigenvalue weighted by molar-refractivity contribution is -0.141. The highest BCUT2D eigenvalue weighted by Crippen LogP contribution is 2.28. The lowest BCUT2D eigenvalue weighted by Crippen LogP contribution is -2.40. The third-order valence-electron chi connectivity index (χ3n) is 3.07. The molecule has 20 heavy (non-hydrogen) atoms. The number of rotatable bonds is 2. The minimum atomic E-state index is -1.24. The zero-order chi connectivity index (χ0) is 15.0. The van der Waals surface area contributed by atoms with E-state index in [2.05, 4.69) is 0 Å². The van der Waals surface area contributed by atoms with Gasteiger partial charge in [0.25, 0.3) is 5.91 Å². The van der Waals surface area contributed by atoms with Gasteiger partial charge >= 0.3 is 5.97 Å². The van der Waals surface area contributed by atoms with E-state index in [0.717, 1.165) is 17.0 Å². The van der Waals surface area contributed by atoms with Crippen LogP contribution < -0.4 is 0 Å². The second kappa shape index (κ2) is 5.55. The highest BCUT2D eigenvalue weighted by molar-refractivity contribution is 6.36. The number of likely N-dealkylation sites (tertiary alicyclic amines) is 1. The molecule has 108 valence electrons. The van der Waals surface area contributed by atoms with Crippen molar-refractivity contribution in [2.45, 2.75) is 18.6 Å². The first-order valence-electron chi connectivity index (χ1n) is 5.67. The Hall–Kier alpha value is -1.37. The molecule has 8 heteroatoms. The summed E-state index contributed by atoms with van der Waals surface area (Å²) in [7, 11) is 0. The van der Waals surface area contributed by atoms with Crippen LogP contribution in [-0.2, 0) is 4.79 Å². The lowest BCUT2D eigenvalue weighted by atomic mass is 10.1. The summed E-state index contributed by atoms with van der Waals surface area (Å²) in [6.07, 6.45) is -1.01. The molecule has 1 aliphatic rings. The third kappa shape index (κ3) is 2.72. The number of carboxylic acids is 1. The van der Waals surface area contributed by atoms with Crippen LogP contribution in [0.1, 0.15) is 16.8 Å². The summed E-state index contributed by atoms with van der Waals surface area (Å²) in [5.41, 5.74) is -0.186. The van der Waals surface area contributed by atoms with E-state index >= 15 is 0 Å². The summed E-state index contributed by atoms with van der Waals surface area (Å²) >= 11 is 11.4. The lowest BCUT2D eigenvalue weighted by Gasteiger charge is -2.21. The first-order chi connectivity index (χ1) is 9.31. The monoisotopic (exact) mass is 321 g/mol. The number of hydrogen-bond acceptors (Lipinski definition) is 3. The Morgan fingerprint density at radius 1 is 1.30 bits per heavy atom. The van der Waals surface area contributed by atoms with Crippen LogP contribution in [0.15, 0.2) is 12.1 Å². The van der Waals surface area contributed by atoms with E-state index in [4.69, 9.17) is 28.3 Å². The molecule has 1 aromatic carbocycles. The van der Waals surface area contributed by atoms with Crippen LogP contribution in [0.25, 0.3) is 0 Å². The van der Waals surface area contributed by atoms with Crippen molar-refractivity contribution in [1.82, 2.24) is 4.90 Å². The first kappa shape index (κ1) is 15.0. The Bertz CT molecular complexity index is 581. The van der Waals surface area contributed by atoms with Gasteiger partial charge in [0.05, 0.1) is 21.7 Å². The van der Waals surface area contributed by atoms with Crippen molar-refractivity contribution < 1.29 is 24.2 Å². The molecule has 2 N–H and O–H groups in total. The number of benzene rings is 1. The molecule has 0 bridgehead atoms. The van der Waals surface area contributed by atoms with Gasteiger partial charge in [-0.2, -0.15) is 0 Å². The van der Waals surface area contributed by atoms with Gasteiger partial charge in [0.2, 0.25) is 0 Å². The van der Waals surface area contributed by atoms with Crippen LogP contribution in [0.5, 0.6) is 0 Å². The molecule has 0 aromatic heterocycles. The molecular formula is C12H10Cl2FNO4. The molecule has 5 nitrogen and oxygen atoms in total. The smallest absolute Gasteiger partial charge is 0.326 e. The number of carboxylic acid groups (broad SMARTS) is 1. The van der Waals surface area contributed by atoms with Crippen LogP contribution in [0.4, 0.5) is 4.39 Å². The maximum Gasteiger partial charge on any atom is 0.326 e.